The fourth-order valence-electron chi connectivity index (χ4n) is 3.45. The van der Waals surface area contributed by atoms with Gasteiger partial charge in [0.25, 0.3) is 0 Å². The van der Waals surface area contributed by atoms with E-state index in [1.54, 1.807) is 6.92 Å². The van der Waals surface area contributed by atoms with Crippen LogP contribution in [0.4, 0.5) is 4.79 Å². The van der Waals surface area contributed by atoms with Crippen LogP contribution in [0, 0.1) is 20.8 Å². The predicted octanol–water partition coefficient (Wildman–Crippen LogP) is 4.01. The van der Waals surface area contributed by atoms with Gasteiger partial charge in [-0.25, -0.2) is 4.79 Å². The summed E-state index contributed by atoms with van der Waals surface area (Å²) in [5.74, 6) is 0.577. The maximum absolute atomic E-state index is 12.2. The van der Waals surface area contributed by atoms with Gasteiger partial charge in [0.2, 0.25) is 0 Å². The molecule has 0 aromatic heterocycles. The van der Waals surface area contributed by atoms with E-state index in [4.69, 9.17) is 14.2 Å². The van der Waals surface area contributed by atoms with E-state index in [-0.39, 0.29) is 12.4 Å². The quantitative estimate of drug-likeness (QED) is 0.348. The molecule has 0 aliphatic heterocycles. The third-order valence-electron chi connectivity index (χ3n) is 4.66. The second-order valence-electron chi connectivity index (χ2n) is 7.77. The van der Waals surface area contributed by atoms with Gasteiger partial charge in [-0.1, -0.05) is 26.8 Å². The van der Waals surface area contributed by atoms with Gasteiger partial charge in [0.15, 0.2) is 0 Å². The largest absolute Gasteiger partial charge is 0.513 e. The minimum absolute atomic E-state index is 0.0888. The second-order valence-corrected chi connectivity index (χ2v) is 7.77. The van der Waals surface area contributed by atoms with Crippen molar-refractivity contribution in [3.05, 3.63) is 28.3 Å². The van der Waals surface area contributed by atoms with Crippen LogP contribution in [0.5, 0.6) is 5.75 Å². The molecule has 0 amide bonds. The van der Waals surface area contributed by atoms with Crippen molar-refractivity contribution in [3.8, 4) is 5.75 Å². The minimum Gasteiger partial charge on any atom is -0.432 e. The van der Waals surface area contributed by atoms with Gasteiger partial charge < -0.3 is 19.5 Å². The topological polar surface area (TPSA) is 73.9 Å². The maximum atomic E-state index is 12.2. The Balaban J connectivity index is 2.86. The van der Waals surface area contributed by atoms with Crippen LogP contribution in [-0.4, -0.2) is 44.8 Å². The molecule has 0 radical (unpaired) electrons. The number of aryl methyl sites for hydroxylation is 2. The number of likely N-dealkylation sites (N-methyl/N-ethyl adjacent to an activating group) is 1. The number of rotatable bonds is 11. The van der Waals surface area contributed by atoms with E-state index in [9.17, 15) is 9.59 Å². The summed E-state index contributed by atoms with van der Waals surface area (Å²) in [6.45, 7) is 16.1. The fourth-order valence-corrected chi connectivity index (χ4v) is 3.45. The zero-order valence-corrected chi connectivity index (χ0v) is 18.4. The molecule has 0 atom stereocenters. The van der Waals surface area contributed by atoms with Crippen LogP contribution in [0.15, 0.2) is 6.07 Å². The number of benzene rings is 1. The van der Waals surface area contributed by atoms with Crippen molar-refractivity contribution in [2.75, 3.05) is 32.9 Å². The zero-order valence-electron chi connectivity index (χ0n) is 18.4. The summed E-state index contributed by atoms with van der Waals surface area (Å²) in [5.41, 5.74) is 3.29. The molecule has 0 bridgehead atoms. The number of ether oxygens (including phenoxy) is 3. The molecule has 158 valence electrons. The number of ketones is 1. The maximum Gasteiger partial charge on any atom is 0.513 e. The average molecular weight is 394 g/mol. The third-order valence-corrected chi connectivity index (χ3v) is 4.66. The van der Waals surface area contributed by atoms with Crippen LogP contribution in [0.3, 0.4) is 0 Å². The molecule has 0 saturated carbocycles. The van der Waals surface area contributed by atoms with E-state index in [0.29, 0.717) is 25.4 Å². The Morgan fingerprint density at radius 3 is 2.36 bits per heavy atom. The van der Waals surface area contributed by atoms with Gasteiger partial charge in [-0.05, 0) is 50.9 Å². The summed E-state index contributed by atoms with van der Waals surface area (Å²) in [6, 6.07) is 2.06. The molecule has 0 fully saturated rings. The molecular formula is C22H35NO5. The molecule has 1 N–H and O–H groups in total. The Bertz CT molecular complexity index is 682. The van der Waals surface area contributed by atoms with Gasteiger partial charge in [0, 0.05) is 23.9 Å². The first-order chi connectivity index (χ1) is 13.1. The van der Waals surface area contributed by atoms with Crippen LogP contribution in [-0.2, 0) is 19.7 Å². The fraction of sp³-hybridized carbons (Fsp3) is 0.636. The number of carbonyl (C=O) groups excluding carboxylic acids is 2. The number of nitrogens with one attached hydrogen (secondary N) is 1. The van der Waals surface area contributed by atoms with E-state index in [1.165, 1.54) is 0 Å². The van der Waals surface area contributed by atoms with E-state index in [1.807, 2.05) is 41.5 Å². The van der Waals surface area contributed by atoms with Gasteiger partial charge in [-0.3, -0.25) is 4.79 Å². The Kier molecular flexibility index (Phi) is 9.62. The summed E-state index contributed by atoms with van der Waals surface area (Å²) in [7, 11) is 0. The van der Waals surface area contributed by atoms with Crippen molar-refractivity contribution >= 4 is 11.9 Å². The number of hydrogen-bond acceptors (Lipinski definition) is 6. The highest BCUT2D eigenvalue weighted by Gasteiger charge is 2.31. The summed E-state index contributed by atoms with van der Waals surface area (Å²) in [5, 5.41) is 3.15. The van der Waals surface area contributed by atoms with Crippen molar-refractivity contribution in [2.24, 2.45) is 0 Å². The number of hydrogen-bond donors (Lipinski definition) is 1. The molecule has 0 aliphatic carbocycles. The molecule has 1 aromatic carbocycles. The normalized spacial score (nSPS) is 11.4. The SMILES string of the molecule is CCNCCOCCOC(=O)Oc1c(C)c(C)cc(C)c1C(C)(C)CC(C)=O. The van der Waals surface area contributed by atoms with Crippen molar-refractivity contribution in [2.45, 2.75) is 60.3 Å². The van der Waals surface area contributed by atoms with Crippen LogP contribution in [0.2, 0.25) is 0 Å². The summed E-state index contributed by atoms with van der Waals surface area (Å²) < 4.78 is 16.2. The lowest BCUT2D eigenvalue weighted by Gasteiger charge is -2.29. The number of carbonyl (C=O) groups is 2. The zero-order chi connectivity index (χ0) is 21.3. The van der Waals surface area contributed by atoms with Gasteiger partial charge in [-0.15, -0.1) is 0 Å². The summed E-state index contributed by atoms with van der Waals surface area (Å²) >= 11 is 0. The number of Topliss-reactive ketones (excluding diaryl/α,β-unsaturated/α-hetero) is 1. The summed E-state index contributed by atoms with van der Waals surface area (Å²) in [4.78, 5) is 24.0. The van der Waals surface area contributed by atoms with E-state index in [0.717, 1.165) is 35.3 Å². The van der Waals surface area contributed by atoms with Crippen LogP contribution < -0.4 is 10.1 Å². The Morgan fingerprint density at radius 1 is 1.07 bits per heavy atom. The molecule has 0 spiro atoms. The predicted molar refractivity (Wildman–Crippen MR) is 110 cm³/mol. The van der Waals surface area contributed by atoms with Crippen LogP contribution in [0.1, 0.15) is 56.4 Å². The summed E-state index contributed by atoms with van der Waals surface area (Å²) in [6.07, 6.45) is -0.398. The molecular weight excluding hydrogens is 358 g/mol. The Hall–Kier alpha value is -1.92. The first-order valence-corrected chi connectivity index (χ1v) is 9.84. The monoisotopic (exact) mass is 393 g/mol. The molecule has 0 heterocycles. The van der Waals surface area contributed by atoms with Crippen molar-refractivity contribution in [1.29, 1.82) is 0 Å². The van der Waals surface area contributed by atoms with E-state index < -0.39 is 11.6 Å². The van der Waals surface area contributed by atoms with Gasteiger partial charge in [0.05, 0.1) is 13.2 Å². The molecule has 6 nitrogen and oxygen atoms in total. The van der Waals surface area contributed by atoms with Crippen LogP contribution >= 0.6 is 0 Å². The minimum atomic E-state index is -0.761. The van der Waals surface area contributed by atoms with Crippen LogP contribution in [0.25, 0.3) is 0 Å². The van der Waals surface area contributed by atoms with Crippen molar-refractivity contribution < 1.29 is 23.8 Å². The highest BCUT2D eigenvalue weighted by molar-refractivity contribution is 5.78. The van der Waals surface area contributed by atoms with Crippen molar-refractivity contribution in [1.82, 2.24) is 5.32 Å². The first kappa shape index (κ1) is 24.1. The molecule has 6 heteroatoms. The molecule has 0 aliphatic rings. The second kappa shape index (κ2) is 11.2. The Labute approximate surface area is 168 Å². The van der Waals surface area contributed by atoms with Gasteiger partial charge >= 0.3 is 6.16 Å². The molecule has 1 aromatic rings. The van der Waals surface area contributed by atoms with E-state index in [2.05, 4.69) is 11.4 Å². The first-order valence-electron chi connectivity index (χ1n) is 9.84. The molecule has 0 unspecified atom stereocenters. The molecule has 28 heavy (non-hydrogen) atoms. The van der Waals surface area contributed by atoms with Gasteiger partial charge in [-0.2, -0.15) is 0 Å². The third kappa shape index (κ3) is 7.24. The lowest BCUT2D eigenvalue weighted by atomic mass is 9.76. The molecule has 0 saturated heterocycles. The lowest BCUT2D eigenvalue weighted by molar-refractivity contribution is -0.118. The highest BCUT2D eigenvalue weighted by Crippen LogP contribution is 2.40. The van der Waals surface area contributed by atoms with Crippen molar-refractivity contribution in [3.63, 3.8) is 0 Å². The van der Waals surface area contributed by atoms with E-state index >= 15 is 0 Å². The lowest BCUT2D eigenvalue weighted by Crippen LogP contribution is -2.25. The Morgan fingerprint density at radius 2 is 1.75 bits per heavy atom. The smallest absolute Gasteiger partial charge is 0.432 e. The highest BCUT2D eigenvalue weighted by atomic mass is 16.7. The average Bonchev–Trinajstić information content (AvgIpc) is 2.57. The van der Waals surface area contributed by atoms with Gasteiger partial charge in [0.1, 0.15) is 18.1 Å². The molecule has 1 rings (SSSR count). The standard InChI is InChI=1S/C22H35NO5/c1-8-23-9-10-26-11-12-27-21(25)28-20-18(5)15(2)13-16(3)19(20)22(6,7)14-17(4)24/h13,23H,8-12,14H2,1-7H3.